The third-order valence-electron chi connectivity index (χ3n) is 2.59. The molecule has 1 saturated heterocycles. The Kier molecular flexibility index (Phi) is 12.4. The van der Waals surface area contributed by atoms with Gasteiger partial charge in [0.1, 0.15) is 12.7 Å². The van der Waals surface area contributed by atoms with Gasteiger partial charge in [-0.2, -0.15) is 0 Å². The number of rotatable bonds is 3. The van der Waals surface area contributed by atoms with Gasteiger partial charge in [0, 0.05) is 13.0 Å². The number of carbonyl (C=O) groups is 1. The first-order valence-corrected chi connectivity index (χ1v) is 5.34. The van der Waals surface area contributed by atoms with E-state index in [1.54, 1.807) is 6.92 Å². The SMILES string of the molecule is CO[C@H]1OC(C[O-])[C@H](C)[C@@H](O)[C@@H]1O.O=C(O)CO.[Na+]. The summed E-state index contributed by atoms with van der Waals surface area (Å²) >= 11 is 0. The Morgan fingerprint density at radius 1 is 1.37 bits per heavy atom. The molecular formula is C10H19NaO8. The maximum absolute atomic E-state index is 10.6. The van der Waals surface area contributed by atoms with Crippen molar-refractivity contribution in [3.05, 3.63) is 0 Å². The zero-order valence-corrected chi connectivity index (χ0v) is 13.2. The minimum absolute atomic E-state index is 0. The summed E-state index contributed by atoms with van der Waals surface area (Å²) in [5.74, 6) is -1.55. The van der Waals surface area contributed by atoms with Crippen LogP contribution >= 0.6 is 0 Å². The van der Waals surface area contributed by atoms with E-state index < -0.39 is 43.8 Å². The van der Waals surface area contributed by atoms with Crippen LogP contribution in [0.1, 0.15) is 6.92 Å². The predicted octanol–water partition coefficient (Wildman–Crippen LogP) is -5.86. The molecule has 0 bridgehead atoms. The molecule has 0 amide bonds. The number of methoxy groups -OCH3 is 1. The smallest absolute Gasteiger partial charge is 0.853 e. The van der Waals surface area contributed by atoms with Gasteiger partial charge in [-0.15, -0.1) is 6.61 Å². The Balaban J connectivity index is 0. The van der Waals surface area contributed by atoms with Gasteiger partial charge in [0.25, 0.3) is 0 Å². The van der Waals surface area contributed by atoms with Gasteiger partial charge in [-0.1, -0.05) is 6.92 Å². The number of aliphatic hydroxyl groups excluding tert-OH is 3. The van der Waals surface area contributed by atoms with Crippen molar-refractivity contribution in [2.45, 2.75) is 31.5 Å². The van der Waals surface area contributed by atoms with Gasteiger partial charge < -0.3 is 35.0 Å². The van der Waals surface area contributed by atoms with E-state index in [2.05, 4.69) is 0 Å². The van der Waals surface area contributed by atoms with Gasteiger partial charge in [-0.25, -0.2) is 4.79 Å². The summed E-state index contributed by atoms with van der Waals surface area (Å²) in [6.45, 7) is 0.452. The number of aliphatic carboxylic acids is 1. The van der Waals surface area contributed by atoms with Crippen molar-refractivity contribution >= 4 is 5.97 Å². The van der Waals surface area contributed by atoms with Crippen LogP contribution in [0, 0.1) is 5.92 Å². The van der Waals surface area contributed by atoms with Gasteiger partial charge in [0.05, 0.1) is 12.2 Å². The molecule has 4 N–H and O–H groups in total. The molecule has 1 heterocycles. The van der Waals surface area contributed by atoms with Gasteiger partial charge in [-0.3, -0.25) is 0 Å². The van der Waals surface area contributed by atoms with E-state index in [1.165, 1.54) is 7.11 Å². The quantitative estimate of drug-likeness (QED) is 0.377. The van der Waals surface area contributed by atoms with Crippen LogP contribution in [0.4, 0.5) is 0 Å². The van der Waals surface area contributed by atoms with Crippen LogP contribution in [0.3, 0.4) is 0 Å². The zero-order valence-electron chi connectivity index (χ0n) is 11.2. The molecule has 1 rings (SSSR count). The summed E-state index contributed by atoms with van der Waals surface area (Å²) in [7, 11) is 1.36. The summed E-state index contributed by atoms with van der Waals surface area (Å²) in [4.78, 5) is 9.12. The van der Waals surface area contributed by atoms with Gasteiger partial charge in [0.2, 0.25) is 0 Å². The molecule has 1 aliphatic rings. The summed E-state index contributed by atoms with van der Waals surface area (Å²) in [6, 6.07) is 0. The standard InChI is InChI=1S/C8H15O5.C2H4O3.Na/c1-4-5(3-9)13-8(12-2)7(11)6(4)10;3-1-2(4)5;/h4-8,10-11H,3H2,1-2H3;3H,1H2,(H,4,5);/q-1;;+1/t4-,5?,6+,7-,8-;;/m0../s1. The van der Waals surface area contributed by atoms with Crippen molar-refractivity contribution < 1.29 is 69.4 Å². The fourth-order valence-corrected chi connectivity index (χ4v) is 1.45. The minimum atomic E-state index is -1.19. The molecule has 0 spiro atoms. The van der Waals surface area contributed by atoms with E-state index in [0.29, 0.717) is 0 Å². The largest absolute Gasteiger partial charge is 1.00 e. The van der Waals surface area contributed by atoms with E-state index in [1.807, 2.05) is 0 Å². The molecule has 1 unspecified atom stereocenters. The van der Waals surface area contributed by atoms with E-state index >= 15 is 0 Å². The van der Waals surface area contributed by atoms with Crippen LogP contribution in [0.2, 0.25) is 0 Å². The number of carboxylic acid groups (broad SMARTS) is 1. The second-order valence-corrected chi connectivity index (χ2v) is 3.84. The molecule has 0 aromatic rings. The Bertz CT molecular complexity index is 232. The average Bonchev–Trinajstić information content (AvgIpc) is 2.37. The second-order valence-electron chi connectivity index (χ2n) is 3.84. The number of ether oxygens (including phenoxy) is 2. The molecule has 0 aliphatic carbocycles. The van der Waals surface area contributed by atoms with Crippen LogP contribution in [-0.4, -0.2) is 71.3 Å². The first-order valence-electron chi connectivity index (χ1n) is 5.34. The molecular weight excluding hydrogens is 271 g/mol. The molecule has 0 aromatic heterocycles. The summed E-state index contributed by atoms with van der Waals surface area (Å²) in [6.07, 6.45) is -3.53. The predicted molar refractivity (Wildman–Crippen MR) is 56.4 cm³/mol. The monoisotopic (exact) mass is 290 g/mol. The average molecular weight is 290 g/mol. The molecule has 0 radical (unpaired) electrons. The fourth-order valence-electron chi connectivity index (χ4n) is 1.45. The van der Waals surface area contributed by atoms with Crippen molar-refractivity contribution in [2.75, 3.05) is 20.3 Å². The van der Waals surface area contributed by atoms with E-state index in [4.69, 9.17) is 24.5 Å². The number of hydrogen-bond acceptors (Lipinski definition) is 7. The zero-order chi connectivity index (χ0) is 14.3. The molecule has 19 heavy (non-hydrogen) atoms. The summed E-state index contributed by atoms with van der Waals surface area (Å²) < 4.78 is 9.92. The van der Waals surface area contributed by atoms with Crippen LogP contribution in [-0.2, 0) is 14.3 Å². The molecule has 108 valence electrons. The van der Waals surface area contributed by atoms with Crippen molar-refractivity contribution in [2.24, 2.45) is 5.92 Å². The van der Waals surface area contributed by atoms with E-state index in [9.17, 15) is 15.3 Å². The Morgan fingerprint density at radius 3 is 2.16 bits per heavy atom. The second kappa shape index (κ2) is 11.0. The normalized spacial score (nSPS) is 33.7. The number of carboxylic acids is 1. The molecule has 1 aliphatic heterocycles. The van der Waals surface area contributed by atoms with Crippen LogP contribution in [0.15, 0.2) is 0 Å². The van der Waals surface area contributed by atoms with Gasteiger partial charge in [0.15, 0.2) is 6.29 Å². The maximum Gasteiger partial charge on any atom is 1.00 e. The molecule has 1 fully saturated rings. The maximum atomic E-state index is 10.6. The van der Waals surface area contributed by atoms with E-state index in [-0.39, 0.29) is 35.5 Å². The number of hydrogen-bond donors (Lipinski definition) is 4. The molecule has 0 saturated carbocycles. The molecule has 9 heteroatoms. The van der Waals surface area contributed by atoms with Crippen molar-refractivity contribution in [1.82, 2.24) is 0 Å². The van der Waals surface area contributed by atoms with Gasteiger partial charge in [-0.05, 0) is 0 Å². The van der Waals surface area contributed by atoms with Crippen LogP contribution in [0.5, 0.6) is 0 Å². The third kappa shape index (κ3) is 6.98. The fraction of sp³-hybridized carbons (Fsp3) is 0.900. The third-order valence-corrected chi connectivity index (χ3v) is 2.59. The Labute approximate surface area is 133 Å². The molecule has 8 nitrogen and oxygen atoms in total. The Morgan fingerprint density at radius 2 is 1.84 bits per heavy atom. The topological polar surface area (TPSA) is 140 Å². The number of aliphatic hydroxyl groups is 3. The summed E-state index contributed by atoms with van der Waals surface area (Å²) in [5.41, 5.74) is 0. The van der Waals surface area contributed by atoms with Crippen molar-refractivity contribution in [3.8, 4) is 0 Å². The van der Waals surface area contributed by atoms with Crippen LogP contribution in [0.25, 0.3) is 0 Å². The Hall–Kier alpha value is 0.230. The van der Waals surface area contributed by atoms with Gasteiger partial charge >= 0.3 is 35.5 Å². The minimum Gasteiger partial charge on any atom is -0.853 e. The van der Waals surface area contributed by atoms with Crippen molar-refractivity contribution in [1.29, 1.82) is 0 Å². The first-order chi connectivity index (χ1) is 8.38. The first kappa shape index (κ1) is 21.5. The summed E-state index contributed by atoms with van der Waals surface area (Å²) in [5, 5.41) is 44.6. The van der Waals surface area contributed by atoms with Crippen molar-refractivity contribution in [3.63, 3.8) is 0 Å². The van der Waals surface area contributed by atoms with E-state index in [0.717, 1.165) is 0 Å². The molecule has 5 atom stereocenters. The van der Waals surface area contributed by atoms with Crippen LogP contribution < -0.4 is 34.7 Å². The molecule has 0 aromatic carbocycles.